The Hall–Kier alpha value is -1.70. The Labute approximate surface area is 159 Å². The lowest BCUT2D eigenvalue weighted by molar-refractivity contribution is -0.135. The highest BCUT2D eigenvalue weighted by molar-refractivity contribution is 9.10. The average molecular weight is 431 g/mol. The van der Waals surface area contributed by atoms with E-state index >= 15 is 0 Å². The van der Waals surface area contributed by atoms with Crippen LogP contribution in [0.25, 0.3) is 0 Å². The van der Waals surface area contributed by atoms with Crippen LogP contribution in [0.2, 0.25) is 0 Å². The zero-order chi connectivity index (χ0) is 17.1. The summed E-state index contributed by atoms with van der Waals surface area (Å²) in [4.78, 5) is 26.3. The molecule has 0 saturated carbocycles. The van der Waals surface area contributed by atoms with E-state index in [0.717, 1.165) is 10.0 Å². The van der Waals surface area contributed by atoms with E-state index in [-0.39, 0.29) is 42.3 Å². The summed E-state index contributed by atoms with van der Waals surface area (Å²) >= 11 is 3.30. The lowest BCUT2D eigenvalue weighted by atomic mass is 10.0. The molecular formula is C17H18BrClFN3O2. The molecule has 1 saturated heterocycles. The Morgan fingerprint density at radius 3 is 2.88 bits per heavy atom. The normalized spacial score (nSPS) is 17.0. The maximum atomic E-state index is 13.5. The summed E-state index contributed by atoms with van der Waals surface area (Å²) in [6.07, 6.45) is 1.60. The second kappa shape index (κ2) is 8.60. The Morgan fingerprint density at radius 2 is 2.12 bits per heavy atom. The number of halogens is 3. The molecule has 1 aliphatic heterocycles. The Balaban J connectivity index is 0.00000225. The number of pyridine rings is 1. The highest BCUT2D eigenvalue weighted by Gasteiger charge is 2.28. The third kappa shape index (κ3) is 4.68. The van der Waals surface area contributed by atoms with Crippen LogP contribution >= 0.6 is 28.3 Å². The van der Waals surface area contributed by atoms with Gasteiger partial charge in [0.1, 0.15) is 12.4 Å². The van der Waals surface area contributed by atoms with Gasteiger partial charge in [0.25, 0.3) is 5.56 Å². The molecule has 1 fully saturated rings. The molecule has 8 heteroatoms. The van der Waals surface area contributed by atoms with Gasteiger partial charge >= 0.3 is 0 Å². The first-order chi connectivity index (χ1) is 11.5. The van der Waals surface area contributed by atoms with E-state index in [1.165, 1.54) is 22.8 Å². The van der Waals surface area contributed by atoms with Gasteiger partial charge in [0.15, 0.2) is 0 Å². The van der Waals surface area contributed by atoms with Crippen LogP contribution in [0.5, 0.6) is 0 Å². The molecule has 0 spiro atoms. The number of piperazine rings is 1. The van der Waals surface area contributed by atoms with Gasteiger partial charge in [-0.05, 0) is 39.7 Å². The number of carbonyl (C=O) groups is 1. The number of hydrogen-bond donors (Lipinski definition) is 1. The van der Waals surface area contributed by atoms with Crippen molar-refractivity contribution in [1.82, 2.24) is 14.8 Å². The molecule has 5 nitrogen and oxygen atoms in total. The van der Waals surface area contributed by atoms with Crippen molar-refractivity contribution in [1.29, 1.82) is 0 Å². The molecule has 1 atom stereocenters. The van der Waals surface area contributed by atoms with Crippen LogP contribution in [0.1, 0.15) is 11.6 Å². The van der Waals surface area contributed by atoms with Crippen LogP contribution in [0, 0.1) is 5.82 Å². The van der Waals surface area contributed by atoms with Gasteiger partial charge in [-0.3, -0.25) is 9.59 Å². The summed E-state index contributed by atoms with van der Waals surface area (Å²) in [7, 11) is 0. The number of benzene rings is 1. The summed E-state index contributed by atoms with van der Waals surface area (Å²) in [5, 5.41) is 3.23. The second-order valence-electron chi connectivity index (χ2n) is 5.68. The predicted octanol–water partition coefficient (Wildman–Crippen LogP) is 2.34. The fraction of sp³-hybridized carbons (Fsp3) is 0.294. The van der Waals surface area contributed by atoms with E-state index in [2.05, 4.69) is 21.2 Å². The van der Waals surface area contributed by atoms with Gasteiger partial charge in [0.2, 0.25) is 5.91 Å². The number of rotatable bonds is 3. The van der Waals surface area contributed by atoms with Crippen molar-refractivity contribution in [2.24, 2.45) is 0 Å². The van der Waals surface area contributed by atoms with Gasteiger partial charge in [0.05, 0.1) is 6.04 Å². The van der Waals surface area contributed by atoms with Crippen LogP contribution in [-0.4, -0.2) is 35.0 Å². The fourth-order valence-electron chi connectivity index (χ4n) is 2.88. The van der Waals surface area contributed by atoms with Crippen molar-refractivity contribution in [2.45, 2.75) is 12.6 Å². The van der Waals surface area contributed by atoms with E-state index in [1.807, 2.05) is 6.07 Å². The Bertz CT molecular complexity index is 814. The molecule has 1 aromatic carbocycles. The van der Waals surface area contributed by atoms with Gasteiger partial charge in [-0.25, -0.2) is 4.39 Å². The standard InChI is InChI=1S/C17H17BrFN3O2.ClH/c18-13-4-5-16(23)21(10-13)11-17(24)22-7-6-20-9-15(22)12-2-1-3-14(19)8-12;/h1-5,8,10,15,20H,6-7,9,11H2;1H. The maximum absolute atomic E-state index is 13.5. The van der Waals surface area contributed by atoms with Crippen LogP contribution < -0.4 is 10.9 Å². The summed E-state index contributed by atoms with van der Waals surface area (Å²) in [6, 6.07) is 9.09. The molecule has 1 N–H and O–H groups in total. The molecule has 0 aliphatic carbocycles. The summed E-state index contributed by atoms with van der Waals surface area (Å²) in [6.45, 7) is 1.71. The first kappa shape index (κ1) is 19.6. The number of hydrogen-bond acceptors (Lipinski definition) is 3. The summed E-state index contributed by atoms with van der Waals surface area (Å²) < 4.78 is 15.6. The third-order valence-electron chi connectivity index (χ3n) is 4.05. The third-order valence-corrected chi connectivity index (χ3v) is 4.52. The number of aromatic nitrogens is 1. The van der Waals surface area contributed by atoms with E-state index in [1.54, 1.807) is 23.2 Å². The van der Waals surface area contributed by atoms with Gasteiger partial charge in [0, 0.05) is 36.4 Å². The minimum atomic E-state index is -0.325. The van der Waals surface area contributed by atoms with Gasteiger partial charge in [-0.2, -0.15) is 0 Å². The molecule has 1 aliphatic rings. The number of nitrogens with one attached hydrogen (secondary N) is 1. The molecule has 1 aromatic heterocycles. The zero-order valence-electron chi connectivity index (χ0n) is 13.3. The van der Waals surface area contributed by atoms with Crippen molar-refractivity contribution >= 4 is 34.2 Å². The smallest absolute Gasteiger partial charge is 0.251 e. The molecule has 2 aromatic rings. The van der Waals surface area contributed by atoms with Gasteiger partial charge < -0.3 is 14.8 Å². The zero-order valence-corrected chi connectivity index (χ0v) is 15.7. The molecule has 1 unspecified atom stereocenters. The van der Waals surface area contributed by atoms with Crippen molar-refractivity contribution in [3.63, 3.8) is 0 Å². The molecular weight excluding hydrogens is 413 g/mol. The van der Waals surface area contributed by atoms with E-state index in [0.29, 0.717) is 19.6 Å². The average Bonchev–Trinajstić information content (AvgIpc) is 2.58. The molecule has 2 heterocycles. The highest BCUT2D eigenvalue weighted by atomic mass is 79.9. The number of carbonyl (C=O) groups excluding carboxylic acids is 1. The SMILES string of the molecule is Cl.O=C(Cn1cc(Br)ccc1=O)N1CCNCC1c1cccc(F)c1. The molecule has 3 rings (SSSR count). The maximum Gasteiger partial charge on any atom is 0.251 e. The van der Waals surface area contributed by atoms with Gasteiger partial charge in [-0.15, -0.1) is 12.4 Å². The Kier molecular flexibility index (Phi) is 6.75. The lowest BCUT2D eigenvalue weighted by Gasteiger charge is -2.36. The molecule has 0 bridgehead atoms. The quantitative estimate of drug-likeness (QED) is 0.813. The van der Waals surface area contributed by atoms with Crippen LogP contribution in [0.3, 0.4) is 0 Å². The van der Waals surface area contributed by atoms with Gasteiger partial charge in [-0.1, -0.05) is 12.1 Å². The minimum Gasteiger partial charge on any atom is -0.332 e. The van der Waals surface area contributed by atoms with Crippen LogP contribution in [0.15, 0.2) is 51.9 Å². The topological polar surface area (TPSA) is 54.3 Å². The minimum absolute atomic E-state index is 0. The summed E-state index contributed by atoms with van der Waals surface area (Å²) in [5.74, 6) is -0.486. The van der Waals surface area contributed by atoms with Crippen LogP contribution in [0.4, 0.5) is 4.39 Å². The van der Waals surface area contributed by atoms with E-state index < -0.39 is 0 Å². The molecule has 0 radical (unpaired) electrons. The molecule has 134 valence electrons. The van der Waals surface area contributed by atoms with E-state index in [9.17, 15) is 14.0 Å². The predicted molar refractivity (Wildman–Crippen MR) is 99.4 cm³/mol. The first-order valence-electron chi connectivity index (χ1n) is 7.66. The largest absolute Gasteiger partial charge is 0.332 e. The lowest BCUT2D eigenvalue weighted by Crippen LogP contribution is -2.50. The van der Waals surface area contributed by atoms with Crippen molar-refractivity contribution in [3.8, 4) is 0 Å². The second-order valence-corrected chi connectivity index (χ2v) is 6.59. The van der Waals surface area contributed by atoms with Crippen molar-refractivity contribution in [3.05, 3.63) is 68.8 Å². The number of nitrogens with zero attached hydrogens (tertiary/aromatic N) is 2. The van der Waals surface area contributed by atoms with Crippen molar-refractivity contribution in [2.75, 3.05) is 19.6 Å². The summed E-state index contributed by atoms with van der Waals surface area (Å²) in [5.41, 5.74) is 0.515. The Morgan fingerprint density at radius 1 is 1.32 bits per heavy atom. The fourth-order valence-corrected chi connectivity index (χ4v) is 3.26. The van der Waals surface area contributed by atoms with Crippen molar-refractivity contribution < 1.29 is 9.18 Å². The first-order valence-corrected chi connectivity index (χ1v) is 8.45. The van der Waals surface area contributed by atoms with Crippen LogP contribution in [-0.2, 0) is 11.3 Å². The highest BCUT2D eigenvalue weighted by Crippen LogP contribution is 2.23. The number of amides is 1. The molecule has 25 heavy (non-hydrogen) atoms. The monoisotopic (exact) mass is 429 g/mol. The van der Waals surface area contributed by atoms with E-state index in [4.69, 9.17) is 0 Å². The molecule has 1 amide bonds.